The quantitative estimate of drug-likeness (QED) is 0.499. The van der Waals surface area contributed by atoms with E-state index in [1.807, 2.05) is 6.08 Å². The molecule has 4 aliphatic heterocycles. The van der Waals surface area contributed by atoms with E-state index in [4.69, 9.17) is 9.47 Å². The van der Waals surface area contributed by atoms with Crippen LogP contribution in [0.4, 0.5) is 10.5 Å². The Kier molecular flexibility index (Phi) is 7.23. The molecule has 5 rings (SSSR count). The lowest BCUT2D eigenvalue weighted by molar-refractivity contribution is -0.118. The molecule has 3 N–H and O–H groups in total. The highest BCUT2D eigenvalue weighted by molar-refractivity contribution is 7.86. The van der Waals surface area contributed by atoms with Crippen molar-refractivity contribution in [3.63, 3.8) is 0 Å². The maximum Gasteiger partial charge on any atom is 0.407 e. The van der Waals surface area contributed by atoms with E-state index in [-0.39, 0.29) is 36.5 Å². The van der Waals surface area contributed by atoms with Crippen molar-refractivity contribution in [1.29, 1.82) is 0 Å². The molecule has 3 amide bonds. The van der Waals surface area contributed by atoms with Crippen molar-refractivity contribution in [3.05, 3.63) is 35.5 Å². The van der Waals surface area contributed by atoms with Gasteiger partial charge in [-0.05, 0) is 64.7 Å². The molecule has 2 atom stereocenters. The highest BCUT2D eigenvalue weighted by Gasteiger charge is 2.45. The van der Waals surface area contributed by atoms with Crippen LogP contribution in [-0.4, -0.2) is 78.4 Å². The van der Waals surface area contributed by atoms with Crippen molar-refractivity contribution in [1.82, 2.24) is 19.2 Å². The van der Waals surface area contributed by atoms with Gasteiger partial charge in [-0.15, -0.1) is 0 Å². The van der Waals surface area contributed by atoms with E-state index in [1.54, 1.807) is 39.0 Å². The fourth-order valence-electron chi connectivity index (χ4n) is 5.49. The summed E-state index contributed by atoms with van der Waals surface area (Å²) in [6, 6.07) is 4.24. The third-order valence-electron chi connectivity index (χ3n) is 7.21. The number of hydrogen-bond acceptors (Lipinski definition) is 7. The Hall–Kier alpha value is -3.32. The van der Waals surface area contributed by atoms with E-state index < -0.39 is 21.9 Å². The fraction of sp³-hybridized carbons (Fsp3) is 0.577. The Bertz CT molecular complexity index is 1300. The molecule has 1 aromatic rings. The van der Waals surface area contributed by atoms with Crippen molar-refractivity contribution >= 4 is 33.8 Å². The minimum absolute atomic E-state index is 0.0580. The first-order valence-electron chi connectivity index (χ1n) is 13.2. The van der Waals surface area contributed by atoms with Crippen LogP contribution < -0.4 is 20.7 Å². The zero-order valence-electron chi connectivity index (χ0n) is 22.4. The first kappa shape index (κ1) is 27.3. The fourth-order valence-corrected chi connectivity index (χ4v) is 7.41. The Morgan fingerprint density at radius 2 is 1.87 bits per heavy atom. The van der Waals surface area contributed by atoms with Crippen molar-refractivity contribution in [2.24, 2.45) is 0 Å². The van der Waals surface area contributed by atoms with E-state index in [0.717, 1.165) is 0 Å². The first-order chi connectivity index (χ1) is 18.4. The molecule has 2 bridgehead atoms. The van der Waals surface area contributed by atoms with Crippen LogP contribution >= 0.6 is 0 Å². The number of amides is 3. The summed E-state index contributed by atoms with van der Waals surface area (Å²) >= 11 is 0. The molecule has 13 heteroatoms. The van der Waals surface area contributed by atoms with Gasteiger partial charge in [-0.1, -0.05) is 6.08 Å². The number of rotatable bonds is 5. The van der Waals surface area contributed by atoms with Gasteiger partial charge in [0.25, 0.3) is 11.8 Å². The van der Waals surface area contributed by atoms with E-state index in [0.29, 0.717) is 67.9 Å². The Balaban J connectivity index is 1.16. The minimum atomic E-state index is -3.73. The highest BCUT2D eigenvalue weighted by atomic mass is 32.2. The maximum atomic E-state index is 13.6. The largest absolute Gasteiger partial charge is 0.482 e. The normalized spacial score (nSPS) is 23.7. The molecule has 0 spiro atoms. The predicted molar refractivity (Wildman–Crippen MR) is 142 cm³/mol. The number of benzene rings is 1. The molecule has 0 radical (unpaired) electrons. The molecule has 2 saturated heterocycles. The number of alkyl carbamates (subject to hydrolysis) is 1. The monoisotopic (exact) mass is 561 g/mol. The van der Waals surface area contributed by atoms with Crippen molar-refractivity contribution in [2.75, 3.05) is 25.0 Å². The maximum absolute atomic E-state index is 13.6. The number of ether oxygens (including phenoxy) is 2. The number of piperidine rings is 2. The predicted octanol–water partition coefficient (Wildman–Crippen LogP) is 2.10. The molecule has 0 unspecified atom stereocenters. The molecule has 4 heterocycles. The van der Waals surface area contributed by atoms with E-state index >= 15 is 0 Å². The van der Waals surface area contributed by atoms with E-state index in [9.17, 15) is 22.8 Å². The van der Waals surface area contributed by atoms with Gasteiger partial charge < -0.3 is 25.4 Å². The third kappa shape index (κ3) is 5.98. The molecule has 12 nitrogen and oxygen atoms in total. The molecular weight excluding hydrogens is 526 g/mol. The van der Waals surface area contributed by atoms with Crippen LogP contribution in [0.15, 0.2) is 30.0 Å². The Labute approximate surface area is 228 Å². The van der Waals surface area contributed by atoms with Gasteiger partial charge in [-0.2, -0.15) is 12.7 Å². The topological polar surface area (TPSA) is 146 Å². The molecule has 2 fully saturated rings. The van der Waals surface area contributed by atoms with Crippen molar-refractivity contribution in [3.8, 4) is 5.75 Å². The number of carbonyl (C=O) groups excluding carboxylic acids is 3. The molecule has 39 heavy (non-hydrogen) atoms. The number of carbonyl (C=O) groups is 3. The number of anilines is 1. The van der Waals surface area contributed by atoms with Gasteiger partial charge in [0, 0.05) is 42.9 Å². The smallest absolute Gasteiger partial charge is 0.407 e. The molecule has 0 saturated carbocycles. The van der Waals surface area contributed by atoms with Crippen LogP contribution in [0.1, 0.15) is 63.2 Å². The molecule has 212 valence electrons. The summed E-state index contributed by atoms with van der Waals surface area (Å²) in [5.41, 5.74) is 0.933. The zero-order chi connectivity index (χ0) is 27.9. The van der Waals surface area contributed by atoms with Gasteiger partial charge in [-0.25, -0.2) is 4.79 Å². The van der Waals surface area contributed by atoms with E-state index in [1.165, 1.54) is 8.61 Å². The Morgan fingerprint density at radius 3 is 2.56 bits per heavy atom. The van der Waals surface area contributed by atoms with Crippen LogP contribution in [0.3, 0.4) is 0 Å². The van der Waals surface area contributed by atoms with Crippen LogP contribution in [0, 0.1) is 0 Å². The summed E-state index contributed by atoms with van der Waals surface area (Å²) in [5, 5.41) is 8.56. The number of fused-ring (bicyclic) bond motifs is 3. The summed E-state index contributed by atoms with van der Waals surface area (Å²) in [7, 11) is -3.73. The van der Waals surface area contributed by atoms with Crippen LogP contribution in [0.2, 0.25) is 0 Å². The SMILES string of the molecule is CC(C)(C)OC(=O)NC1CCN(S(=O)(=O)N2C3=CC[C@@H]2C[C@H](NC(=O)c2ccc4c(c2)NC(=O)CO4)C3)CC1. The number of hydrogen-bond donors (Lipinski definition) is 3. The lowest BCUT2D eigenvalue weighted by Crippen LogP contribution is -2.55. The molecule has 0 aromatic heterocycles. The molecule has 4 aliphatic rings. The highest BCUT2D eigenvalue weighted by Crippen LogP contribution is 2.38. The zero-order valence-corrected chi connectivity index (χ0v) is 23.2. The summed E-state index contributed by atoms with van der Waals surface area (Å²) in [4.78, 5) is 36.7. The van der Waals surface area contributed by atoms with Gasteiger partial charge in [0.1, 0.15) is 11.4 Å². The van der Waals surface area contributed by atoms with Crippen molar-refractivity contribution < 1.29 is 32.3 Å². The van der Waals surface area contributed by atoms with Crippen LogP contribution in [-0.2, 0) is 19.7 Å². The molecule has 0 aliphatic carbocycles. The second-order valence-corrected chi connectivity index (χ2v) is 13.2. The van der Waals surface area contributed by atoms with Gasteiger partial charge in [-0.3, -0.25) is 13.9 Å². The minimum Gasteiger partial charge on any atom is -0.482 e. The average Bonchev–Trinajstić information content (AvgIpc) is 3.14. The summed E-state index contributed by atoms with van der Waals surface area (Å²) in [6.07, 6.45) is 3.94. The average molecular weight is 562 g/mol. The van der Waals surface area contributed by atoms with Crippen LogP contribution in [0.25, 0.3) is 0 Å². The van der Waals surface area contributed by atoms with Gasteiger partial charge in [0.15, 0.2) is 6.61 Å². The second-order valence-electron chi connectivity index (χ2n) is 11.4. The third-order valence-corrected chi connectivity index (χ3v) is 9.26. The molecule has 1 aromatic carbocycles. The summed E-state index contributed by atoms with van der Waals surface area (Å²) in [6.45, 7) is 5.93. The number of nitrogens with one attached hydrogen (secondary N) is 3. The van der Waals surface area contributed by atoms with Crippen molar-refractivity contribution in [2.45, 2.75) is 76.6 Å². The van der Waals surface area contributed by atoms with Crippen LogP contribution in [0.5, 0.6) is 5.75 Å². The first-order valence-corrected chi connectivity index (χ1v) is 14.6. The van der Waals surface area contributed by atoms with E-state index in [2.05, 4.69) is 16.0 Å². The van der Waals surface area contributed by atoms with Gasteiger partial charge in [0.05, 0.1) is 11.7 Å². The summed E-state index contributed by atoms with van der Waals surface area (Å²) < 4.78 is 40.9. The standard InChI is InChI=1S/C26H35N5O7S/c1-26(2,3)38-25(34)28-17-8-10-30(11-9-17)39(35,36)31-19-5-6-20(31)14-18(13-19)27-24(33)16-4-7-22-21(12-16)29-23(32)15-37-22/h4-5,7,12,17-18,20H,6,8-11,13-15H2,1-3H3,(H,27,33)(H,28,34)(H,29,32)/t18-,20-/m1/s1. The summed E-state index contributed by atoms with van der Waals surface area (Å²) in [5.74, 6) is -0.0586. The lowest BCUT2D eigenvalue weighted by Gasteiger charge is -2.41. The van der Waals surface area contributed by atoms with Gasteiger partial charge in [0.2, 0.25) is 0 Å². The second kappa shape index (κ2) is 10.3. The molecular formula is C26H35N5O7S. The van der Waals surface area contributed by atoms with Gasteiger partial charge >= 0.3 is 16.3 Å². The lowest BCUT2D eigenvalue weighted by atomic mass is 10.00. The number of nitrogens with zero attached hydrogens (tertiary/aromatic N) is 2. The Morgan fingerprint density at radius 1 is 1.13 bits per heavy atom.